The normalized spacial score (nSPS) is 13.2. The highest BCUT2D eigenvalue weighted by atomic mass is 16.6. The van der Waals surface area contributed by atoms with Crippen LogP contribution in [0.25, 0.3) is 5.69 Å². The molecule has 0 unspecified atom stereocenters. The molecular formula is C19H15N5O5. The van der Waals surface area contributed by atoms with Gasteiger partial charge in [-0.15, -0.1) is 0 Å². The van der Waals surface area contributed by atoms with E-state index < -0.39 is 16.9 Å². The van der Waals surface area contributed by atoms with Crippen molar-refractivity contribution in [2.45, 2.75) is 0 Å². The molecule has 0 saturated carbocycles. The molecule has 1 saturated heterocycles. The third-order valence-electron chi connectivity index (χ3n) is 4.39. The van der Waals surface area contributed by atoms with E-state index in [0.29, 0.717) is 30.2 Å². The third-order valence-corrected chi connectivity index (χ3v) is 4.39. The minimum absolute atomic E-state index is 0.131. The van der Waals surface area contributed by atoms with Gasteiger partial charge in [0.2, 0.25) is 0 Å². The molecule has 29 heavy (non-hydrogen) atoms. The summed E-state index contributed by atoms with van der Waals surface area (Å²) < 4.78 is 6.42. The van der Waals surface area contributed by atoms with Gasteiger partial charge in [-0.1, -0.05) is 6.07 Å². The van der Waals surface area contributed by atoms with Crippen molar-refractivity contribution in [1.29, 1.82) is 0 Å². The van der Waals surface area contributed by atoms with Gasteiger partial charge in [0.05, 0.1) is 17.8 Å². The molecule has 0 radical (unpaired) electrons. The van der Waals surface area contributed by atoms with Crippen LogP contribution in [0.5, 0.6) is 0 Å². The van der Waals surface area contributed by atoms with Crippen LogP contribution < -0.4 is 10.2 Å². The fourth-order valence-corrected chi connectivity index (χ4v) is 3.01. The third kappa shape index (κ3) is 3.63. The summed E-state index contributed by atoms with van der Waals surface area (Å²) >= 11 is 0. The average molecular weight is 393 g/mol. The van der Waals surface area contributed by atoms with Crippen LogP contribution in [0.4, 0.5) is 21.9 Å². The molecule has 1 fully saturated rings. The number of cyclic esters (lactones) is 1. The molecule has 2 heterocycles. The molecule has 0 bridgehead atoms. The minimum atomic E-state index is -0.550. The molecule has 10 heteroatoms. The van der Waals surface area contributed by atoms with E-state index in [1.165, 1.54) is 40.2 Å². The number of hydrogen-bond donors (Lipinski definition) is 1. The molecule has 0 spiro atoms. The summed E-state index contributed by atoms with van der Waals surface area (Å²) in [5.41, 5.74) is 1.26. The topological polar surface area (TPSA) is 120 Å². The zero-order valence-corrected chi connectivity index (χ0v) is 15.0. The van der Waals surface area contributed by atoms with E-state index in [1.54, 1.807) is 30.5 Å². The van der Waals surface area contributed by atoms with Crippen LogP contribution in [0, 0.1) is 10.1 Å². The minimum Gasteiger partial charge on any atom is -0.447 e. The first-order chi connectivity index (χ1) is 14.0. The Hall–Kier alpha value is -4.21. The molecule has 1 aliphatic rings. The highest BCUT2D eigenvalue weighted by Gasteiger charge is 2.24. The van der Waals surface area contributed by atoms with E-state index in [2.05, 4.69) is 10.3 Å². The van der Waals surface area contributed by atoms with Gasteiger partial charge in [-0.2, -0.15) is 0 Å². The standard InChI is InChI=1S/C19H15N5O5/c25-18(21-14-2-1-3-15(11-14)23-8-9-29-19(23)26)13-4-5-16(17(10-13)24(27)28)22-7-6-20-12-22/h1-7,10-12H,8-9H2,(H,21,25). The number of carbonyl (C=O) groups excluding carboxylic acids is 2. The number of aromatic nitrogens is 2. The molecule has 1 aromatic heterocycles. The van der Waals surface area contributed by atoms with Crippen molar-refractivity contribution in [1.82, 2.24) is 9.55 Å². The lowest BCUT2D eigenvalue weighted by molar-refractivity contribution is -0.384. The number of nitrogens with one attached hydrogen (secondary N) is 1. The number of nitro benzene ring substituents is 1. The molecule has 0 atom stereocenters. The van der Waals surface area contributed by atoms with Gasteiger partial charge in [0.1, 0.15) is 12.3 Å². The van der Waals surface area contributed by atoms with Gasteiger partial charge in [-0.3, -0.25) is 19.8 Å². The van der Waals surface area contributed by atoms with E-state index in [-0.39, 0.29) is 11.3 Å². The second-order valence-electron chi connectivity index (χ2n) is 6.20. The molecule has 1 aliphatic heterocycles. The van der Waals surface area contributed by atoms with Crippen LogP contribution in [0.2, 0.25) is 0 Å². The number of ether oxygens (including phenoxy) is 1. The van der Waals surface area contributed by atoms with Crippen molar-refractivity contribution < 1.29 is 19.2 Å². The maximum absolute atomic E-state index is 12.6. The Balaban J connectivity index is 1.58. The Labute approximate surface area is 164 Å². The SMILES string of the molecule is O=C(Nc1cccc(N2CCOC2=O)c1)c1ccc(-n2ccnc2)c([N+](=O)[O-])c1. The number of carbonyl (C=O) groups is 2. The predicted molar refractivity (Wildman–Crippen MR) is 103 cm³/mol. The van der Waals surface area contributed by atoms with Crippen molar-refractivity contribution in [3.05, 3.63) is 76.9 Å². The summed E-state index contributed by atoms with van der Waals surface area (Å²) in [6.45, 7) is 0.737. The quantitative estimate of drug-likeness (QED) is 0.526. The zero-order valence-electron chi connectivity index (χ0n) is 15.0. The Morgan fingerprint density at radius 1 is 1.24 bits per heavy atom. The van der Waals surface area contributed by atoms with Crippen molar-refractivity contribution in [3.63, 3.8) is 0 Å². The van der Waals surface area contributed by atoms with Crippen molar-refractivity contribution in [2.24, 2.45) is 0 Å². The van der Waals surface area contributed by atoms with Crippen LogP contribution in [0.3, 0.4) is 0 Å². The number of nitro groups is 1. The Kier molecular flexibility index (Phi) is 4.65. The number of nitrogens with zero attached hydrogens (tertiary/aromatic N) is 4. The molecule has 3 aromatic rings. The molecule has 1 N–H and O–H groups in total. The van der Waals surface area contributed by atoms with E-state index >= 15 is 0 Å². The number of benzene rings is 2. The molecular weight excluding hydrogens is 378 g/mol. The maximum Gasteiger partial charge on any atom is 0.414 e. The molecule has 146 valence electrons. The van der Waals surface area contributed by atoms with Gasteiger partial charge in [0, 0.05) is 35.4 Å². The molecule has 2 aromatic carbocycles. The summed E-state index contributed by atoms with van der Waals surface area (Å²) in [5, 5.41) is 14.2. The van der Waals surface area contributed by atoms with Gasteiger partial charge in [-0.25, -0.2) is 9.78 Å². The fraction of sp³-hybridized carbons (Fsp3) is 0.105. The summed E-state index contributed by atoms with van der Waals surface area (Å²) in [5.74, 6) is -0.508. The van der Waals surface area contributed by atoms with Gasteiger partial charge in [-0.05, 0) is 30.3 Å². The second-order valence-corrected chi connectivity index (χ2v) is 6.20. The smallest absolute Gasteiger partial charge is 0.414 e. The number of imidazole rings is 1. The highest BCUT2D eigenvalue weighted by molar-refractivity contribution is 6.05. The Bertz CT molecular complexity index is 1100. The van der Waals surface area contributed by atoms with Crippen LogP contribution >= 0.6 is 0 Å². The second kappa shape index (κ2) is 7.43. The lowest BCUT2D eigenvalue weighted by Crippen LogP contribution is -2.23. The monoisotopic (exact) mass is 393 g/mol. The summed E-state index contributed by atoms with van der Waals surface area (Å²) in [6.07, 6.45) is 4.08. The molecule has 4 rings (SSSR count). The van der Waals surface area contributed by atoms with Gasteiger partial charge in [0.15, 0.2) is 0 Å². The Morgan fingerprint density at radius 3 is 2.79 bits per heavy atom. The van der Waals surface area contributed by atoms with Gasteiger partial charge < -0.3 is 14.6 Å². The number of amides is 2. The summed E-state index contributed by atoms with van der Waals surface area (Å²) in [4.78, 5) is 40.6. The van der Waals surface area contributed by atoms with Crippen LogP contribution in [-0.4, -0.2) is 39.6 Å². The summed E-state index contributed by atoms with van der Waals surface area (Å²) in [7, 11) is 0. The lowest BCUT2D eigenvalue weighted by atomic mass is 10.1. The number of anilines is 2. The number of hydrogen-bond acceptors (Lipinski definition) is 6. The van der Waals surface area contributed by atoms with Crippen LogP contribution in [-0.2, 0) is 4.74 Å². The predicted octanol–water partition coefficient (Wildman–Crippen LogP) is 2.99. The van der Waals surface area contributed by atoms with Gasteiger partial charge >= 0.3 is 6.09 Å². The Morgan fingerprint density at radius 2 is 2.10 bits per heavy atom. The largest absolute Gasteiger partial charge is 0.447 e. The first-order valence-electron chi connectivity index (χ1n) is 8.65. The van der Waals surface area contributed by atoms with Crippen molar-refractivity contribution >= 4 is 29.1 Å². The summed E-state index contributed by atoms with van der Waals surface area (Å²) in [6, 6.07) is 10.9. The zero-order chi connectivity index (χ0) is 20.4. The average Bonchev–Trinajstić information content (AvgIpc) is 3.39. The van der Waals surface area contributed by atoms with E-state index in [0.717, 1.165) is 0 Å². The molecule has 0 aliphatic carbocycles. The first kappa shape index (κ1) is 18.2. The van der Waals surface area contributed by atoms with E-state index in [9.17, 15) is 19.7 Å². The van der Waals surface area contributed by atoms with E-state index in [4.69, 9.17) is 4.74 Å². The first-order valence-corrected chi connectivity index (χ1v) is 8.65. The van der Waals surface area contributed by atoms with E-state index in [1.807, 2.05) is 0 Å². The van der Waals surface area contributed by atoms with Crippen LogP contribution in [0.1, 0.15) is 10.4 Å². The highest BCUT2D eigenvalue weighted by Crippen LogP contribution is 2.26. The lowest BCUT2D eigenvalue weighted by Gasteiger charge is -2.14. The molecule has 2 amide bonds. The van der Waals surface area contributed by atoms with Crippen molar-refractivity contribution in [2.75, 3.05) is 23.4 Å². The van der Waals surface area contributed by atoms with Crippen molar-refractivity contribution in [3.8, 4) is 5.69 Å². The molecule has 10 nitrogen and oxygen atoms in total. The fourth-order valence-electron chi connectivity index (χ4n) is 3.01. The number of rotatable bonds is 5. The van der Waals surface area contributed by atoms with Gasteiger partial charge in [0.25, 0.3) is 11.6 Å². The maximum atomic E-state index is 12.6. The van der Waals surface area contributed by atoms with Crippen LogP contribution in [0.15, 0.2) is 61.2 Å².